The number of carbonyl (C=O) groups excluding carboxylic acids is 4. The van der Waals surface area contributed by atoms with E-state index in [1.165, 1.54) is 5.38 Å². The number of nitrogens with two attached hydrogens (primary N) is 1. The molecular formula is C33H39N7O7S. The third-order valence-electron chi connectivity index (χ3n) is 7.37. The molecule has 0 bridgehead atoms. The Morgan fingerprint density at radius 3 is 2.29 bits per heavy atom. The van der Waals surface area contributed by atoms with Crippen LogP contribution in [0.2, 0.25) is 0 Å². The first kappa shape index (κ1) is 34.5. The van der Waals surface area contributed by atoms with Crippen LogP contribution in [0.5, 0.6) is 0 Å². The largest absolute Gasteiger partial charge is 0.450 e. The SMILES string of the molecule is CC(C)(C)OC(=O)Nc1nc(/C(=N\OC2(C(=O)OC(c3ccccc3)c3ccccc3)CC2)C(=O)N[C@@H]2C(=O)N[C@@H]2CNCCN)cs1. The van der Waals surface area contributed by atoms with Crippen molar-refractivity contribution in [3.63, 3.8) is 0 Å². The summed E-state index contributed by atoms with van der Waals surface area (Å²) < 4.78 is 11.3. The van der Waals surface area contributed by atoms with Gasteiger partial charge in [0.1, 0.15) is 17.3 Å². The highest BCUT2D eigenvalue weighted by Crippen LogP contribution is 2.43. The highest BCUT2D eigenvalue weighted by Gasteiger charge is 2.56. The van der Waals surface area contributed by atoms with Gasteiger partial charge in [-0.2, -0.15) is 0 Å². The molecule has 14 nitrogen and oxygen atoms in total. The highest BCUT2D eigenvalue weighted by molar-refractivity contribution is 7.14. The molecule has 1 saturated carbocycles. The minimum absolute atomic E-state index is 0.0525. The van der Waals surface area contributed by atoms with E-state index < -0.39 is 41.3 Å². The van der Waals surface area contributed by atoms with Crippen molar-refractivity contribution in [1.29, 1.82) is 0 Å². The number of rotatable bonds is 14. The summed E-state index contributed by atoms with van der Waals surface area (Å²) in [6, 6.07) is 17.4. The van der Waals surface area contributed by atoms with E-state index in [0.29, 0.717) is 32.5 Å². The van der Waals surface area contributed by atoms with Gasteiger partial charge in [0.05, 0.1) is 6.04 Å². The van der Waals surface area contributed by atoms with E-state index in [1.807, 2.05) is 60.7 Å². The normalized spacial score (nSPS) is 18.3. The second kappa shape index (κ2) is 14.9. The van der Waals surface area contributed by atoms with Crippen molar-refractivity contribution >= 4 is 46.1 Å². The van der Waals surface area contributed by atoms with Gasteiger partial charge in [-0.1, -0.05) is 65.8 Å². The lowest BCUT2D eigenvalue weighted by Gasteiger charge is -2.37. The second-order valence-electron chi connectivity index (χ2n) is 12.4. The van der Waals surface area contributed by atoms with Gasteiger partial charge in [-0.3, -0.25) is 14.9 Å². The third kappa shape index (κ3) is 8.73. The Bertz CT molecular complexity index is 1600. The van der Waals surface area contributed by atoms with Crippen LogP contribution in [0.1, 0.15) is 56.5 Å². The predicted octanol–water partition coefficient (Wildman–Crippen LogP) is 2.61. The zero-order valence-electron chi connectivity index (χ0n) is 26.9. The van der Waals surface area contributed by atoms with Crippen LogP contribution in [0, 0.1) is 0 Å². The number of anilines is 1. The number of nitrogens with one attached hydrogen (secondary N) is 4. The van der Waals surface area contributed by atoms with Crippen molar-refractivity contribution in [3.05, 3.63) is 82.9 Å². The van der Waals surface area contributed by atoms with Gasteiger partial charge in [-0.25, -0.2) is 14.6 Å². The third-order valence-corrected chi connectivity index (χ3v) is 8.13. The quantitative estimate of drug-likeness (QED) is 0.0556. The van der Waals surface area contributed by atoms with Crippen molar-refractivity contribution < 1.29 is 33.5 Å². The number of carbonyl (C=O) groups is 4. The topological polar surface area (TPSA) is 195 Å². The van der Waals surface area contributed by atoms with E-state index in [4.69, 9.17) is 20.0 Å². The molecule has 15 heteroatoms. The zero-order chi connectivity index (χ0) is 34.3. The van der Waals surface area contributed by atoms with Crippen LogP contribution >= 0.6 is 11.3 Å². The molecule has 1 aromatic heterocycles. The summed E-state index contributed by atoms with van der Waals surface area (Å²) >= 11 is 1.03. The molecule has 2 atom stereocenters. The molecule has 5 rings (SSSR count). The van der Waals surface area contributed by atoms with Crippen molar-refractivity contribution in [2.45, 2.75) is 63.0 Å². The fourth-order valence-electron chi connectivity index (χ4n) is 4.76. The maximum Gasteiger partial charge on any atom is 0.413 e. The first-order valence-corrected chi connectivity index (χ1v) is 16.4. The maximum absolute atomic E-state index is 13.6. The minimum Gasteiger partial charge on any atom is -0.450 e. The molecule has 1 aliphatic heterocycles. The molecule has 0 unspecified atom stereocenters. The number of nitrogens with zero attached hydrogens (tertiary/aromatic N) is 2. The standard InChI is InChI=1S/C33H39N7O7S/c1-32(2,3)46-31(44)39-30-37-23(19-48-30)25(28(42)38-24-22(36-27(24)41)18-35-17-16-34)40-47-33(14-15-33)29(43)45-26(20-10-6-4-7-11-20)21-12-8-5-9-13-21/h4-13,19,22,24,26,35H,14-18,34H2,1-3H3,(H,36,41)(H,38,42)(H,37,39,44)/b40-25+/t22-,24+/m1/s1. The van der Waals surface area contributed by atoms with E-state index >= 15 is 0 Å². The van der Waals surface area contributed by atoms with Gasteiger partial charge in [0.15, 0.2) is 16.9 Å². The molecule has 254 valence electrons. The number of aromatic nitrogens is 1. The van der Waals surface area contributed by atoms with Crippen molar-refractivity contribution in [2.75, 3.05) is 25.0 Å². The Morgan fingerprint density at radius 2 is 1.73 bits per heavy atom. The Morgan fingerprint density at radius 1 is 1.08 bits per heavy atom. The number of benzene rings is 2. The van der Waals surface area contributed by atoms with Crippen LogP contribution < -0.4 is 27.0 Å². The van der Waals surface area contributed by atoms with E-state index in [-0.39, 0.29) is 28.5 Å². The number of oxime groups is 1. The van der Waals surface area contributed by atoms with Crippen molar-refractivity contribution in [2.24, 2.45) is 10.9 Å². The predicted molar refractivity (Wildman–Crippen MR) is 178 cm³/mol. The van der Waals surface area contributed by atoms with Crippen LogP contribution in [0.15, 0.2) is 71.2 Å². The summed E-state index contributed by atoms with van der Waals surface area (Å²) in [6.45, 7) is 6.51. The molecule has 0 spiro atoms. The van der Waals surface area contributed by atoms with Gasteiger partial charge in [0, 0.05) is 37.9 Å². The van der Waals surface area contributed by atoms with Gasteiger partial charge in [-0.15, -0.1) is 11.3 Å². The smallest absolute Gasteiger partial charge is 0.413 e. The molecule has 3 amide bonds. The van der Waals surface area contributed by atoms with E-state index in [9.17, 15) is 19.2 Å². The summed E-state index contributed by atoms with van der Waals surface area (Å²) in [4.78, 5) is 62.1. The molecular weight excluding hydrogens is 638 g/mol. The number of hydrogen-bond donors (Lipinski definition) is 5. The lowest BCUT2D eigenvalue weighted by molar-refractivity contribution is -0.164. The maximum atomic E-state index is 13.6. The van der Waals surface area contributed by atoms with Gasteiger partial charge in [0.2, 0.25) is 11.5 Å². The molecule has 0 radical (unpaired) electrons. The van der Waals surface area contributed by atoms with E-state index in [0.717, 1.165) is 22.5 Å². The Hall–Kier alpha value is -4.86. The first-order valence-electron chi connectivity index (χ1n) is 15.5. The van der Waals surface area contributed by atoms with Crippen molar-refractivity contribution in [1.82, 2.24) is 20.9 Å². The molecule has 1 saturated heterocycles. The summed E-state index contributed by atoms with van der Waals surface area (Å²) in [5.74, 6) is -1.77. The molecule has 3 aromatic rings. The van der Waals surface area contributed by atoms with E-state index in [1.54, 1.807) is 20.8 Å². The van der Waals surface area contributed by atoms with Crippen LogP contribution in [0.4, 0.5) is 9.93 Å². The number of hydrogen-bond acceptors (Lipinski definition) is 12. The summed E-state index contributed by atoms with van der Waals surface area (Å²) in [5, 5.41) is 16.8. The van der Waals surface area contributed by atoms with Gasteiger partial charge < -0.3 is 36.0 Å². The lowest BCUT2D eigenvalue weighted by Crippen LogP contribution is -2.72. The lowest BCUT2D eigenvalue weighted by atomic mass is 9.98. The summed E-state index contributed by atoms with van der Waals surface area (Å²) in [7, 11) is 0. The molecule has 2 aromatic carbocycles. The fraction of sp³-hybridized carbons (Fsp3) is 0.394. The first-order chi connectivity index (χ1) is 23.0. The monoisotopic (exact) mass is 677 g/mol. The van der Waals surface area contributed by atoms with Gasteiger partial charge in [-0.05, 0) is 31.9 Å². The fourth-order valence-corrected chi connectivity index (χ4v) is 5.44. The van der Waals surface area contributed by atoms with E-state index in [2.05, 4.69) is 31.4 Å². The number of thiazole rings is 1. The zero-order valence-corrected chi connectivity index (χ0v) is 27.7. The Kier molecular flexibility index (Phi) is 10.7. The highest BCUT2D eigenvalue weighted by atomic mass is 32.1. The molecule has 48 heavy (non-hydrogen) atoms. The number of ether oxygens (including phenoxy) is 2. The van der Waals surface area contributed by atoms with Crippen LogP contribution in [-0.4, -0.2) is 77.5 Å². The summed E-state index contributed by atoms with van der Waals surface area (Å²) in [6.07, 6.45) is -0.811. The molecule has 2 heterocycles. The van der Waals surface area contributed by atoms with Gasteiger partial charge >= 0.3 is 12.1 Å². The van der Waals surface area contributed by atoms with Gasteiger partial charge in [0.25, 0.3) is 5.91 Å². The molecule has 1 aliphatic carbocycles. The van der Waals surface area contributed by atoms with Crippen LogP contribution in [0.3, 0.4) is 0 Å². The van der Waals surface area contributed by atoms with Crippen LogP contribution in [-0.2, 0) is 28.7 Å². The average Bonchev–Trinajstić information content (AvgIpc) is 3.72. The van der Waals surface area contributed by atoms with Crippen LogP contribution in [0.25, 0.3) is 0 Å². The Balaban J connectivity index is 1.36. The Labute approximate surface area is 281 Å². The molecule has 6 N–H and O–H groups in total. The second-order valence-corrected chi connectivity index (χ2v) is 13.2. The van der Waals surface area contributed by atoms with Crippen molar-refractivity contribution in [3.8, 4) is 0 Å². The average molecular weight is 678 g/mol. The molecule has 2 aliphatic rings. The number of esters is 1. The summed E-state index contributed by atoms with van der Waals surface area (Å²) in [5.41, 5.74) is 4.69. The molecule has 2 fully saturated rings. The number of β-lactam (4-membered cyclic amide) rings is 1. The minimum atomic E-state index is -1.43. The number of amides is 3.